The van der Waals surface area contributed by atoms with E-state index in [2.05, 4.69) is 43.4 Å². The van der Waals surface area contributed by atoms with E-state index >= 15 is 0 Å². The highest BCUT2D eigenvalue weighted by atomic mass is 32.2. The number of hydrogen-bond donors (Lipinski definition) is 3. The molecule has 0 saturated carbocycles. The van der Waals surface area contributed by atoms with E-state index in [9.17, 15) is 9.59 Å². The monoisotopic (exact) mass is 443 g/mol. The zero-order chi connectivity index (χ0) is 22.0. The number of ether oxygens (including phenoxy) is 2. The molecule has 2 aliphatic heterocycles. The summed E-state index contributed by atoms with van der Waals surface area (Å²) >= 11 is 1.91. The Bertz CT molecular complexity index is 582. The van der Waals surface area contributed by atoms with E-state index in [1.165, 1.54) is 0 Å². The number of fused-ring (bicyclic) bond motifs is 1. The van der Waals surface area contributed by atoms with Gasteiger partial charge in [-0.25, -0.2) is 9.37 Å². The zero-order valence-corrected chi connectivity index (χ0v) is 19.5. The molecule has 3 amide bonds. The molecule has 2 heterocycles. The predicted octanol–water partition coefficient (Wildman–Crippen LogP) is 1.37. The minimum Gasteiger partial charge on any atom is -0.377 e. The minimum atomic E-state index is -0.0473. The van der Waals surface area contributed by atoms with Crippen molar-refractivity contribution in [2.45, 2.75) is 69.3 Å². The lowest BCUT2D eigenvalue weighted by Gasteiger charge is -2.16. The predicted molar refractivity (Wildman–Crippen MR) is 121 cm³/mol. The largest absolute Gasteiger partial charge is 0.377 e. The first-order chi connectivity index (χ1) is 14.3. The van der Waals surface area contributed by atoms with Gasteiger partial charge in [-0.3, -0.25) is 4.79 Å². The molecule has 2 fully saturated rings. The van der Waals surface area contributed by atoms with Crippen molar-refractivity contribution in [3.05, 3.63) is 0 Å². The topological polar surface area (TPSA) is 91.7 Å². The summed E-state index contributed by atoms with van der Waals surface area (Å²) in [6.07, 6.45) is 3.44. The van der Waals surface area contributed by atoms with Crippen molar-refractivity contribution in [1.82, 2.24) is 16.0 Å². The summed E-state index contributed by atoms with van der Waals surface area (Å²) in [7, 11) is 0. The number of amides is 3. The standard InChI is InChI=1S/C21H38N4O4S/c1-21(2,3)25(4)10-12-29-14-13-28-11-9-22-18(26)8-6-5-7-17-19-16(15-30-17)23-20(27)24-19/h16-17,19H,4-15H2,1-3H3,(H2-,22,23,24,26,27)/p+1. The fourth-order valence-corrected chi connectivity index (χ4v) is 5.00. The van der Waals surface area contributed by atoms with Crippen LogP contribution in [0.15, 0.2) is 0 Å². The maximum Gasteiger partial charge on any atom is 0.315 e. The molecule has 0 spiro atoms. The number of nitrogens with zero attached hydrogens (tertiary/aromatic N) is 1. The molecule has 0 aromatic heterocycles. The second-order valence-electron chi connectivity index (χ2n) is 8.88. The van der Waals surface area contributed by atoms with Gasteiger partial charge in [0.1, 0.15) is 13.3 Å². The molecule has 9 heteroatoms. The Hall–Kier alpha value is -1.32. The maximum atomic E-state index is 11.9. The fourth-order valence-electron chi connectivity index (χ4n) is 3.46. The van der Waals surface area contributed by atoms with Crippen molar-refractivity contribution >= 4 is 30.4 Å². The van der Waals surface area contributed by atoms with Gasteiger partial charge in [0, 0.05) is 24.0 Å². The van der Waals surface area contributed by atoms with Gasteiger partial charge in [0.25, 0.3) is 0 Å². The van der Waals surface area contributed by atoms with Crippen LogP contribution < -0.4 is 16.0 Å². The Morgan fingerprint density at radius 1 is 1.20 bits per heavy atom. The molecular weight excluding hydrogens is 404 g/mol. The van der Waals surface area contributed by atoms with Gasteiger partial charge in [-0.2, -0.15) is 11.8 Å². The van der Waals surface area contributed by atoms with Gasteiger partial charge in [0.2, 0.25) is 5.91 Å². The maximum absolute atomic E-state index is 11.9. The van der Waals surface area contributed by atoms with E-state index in [1.54, 1.807) is 0 Å². The number of nitrogens with one attached hydrogen (secondary N) is 3. The molecule has 3 N–H and O–H groups in total. The fraction of sp³-hybridized carbons (Fsp3) is 0.857. The number of carbonyl (C=O) groups is 2. The second-order valence-corrected chi connectivity index (χ2v) is 10.1. The third-order valence-corrected chi connectivity index (χ3v) is 6.98. The van der Waals surface area contributed by atoms with E-state index < -0.39 is 0 Å². The zero-order valence-electron chi connectivity index (χ0n) is 18.7. The minimum absolute atomic E-state index is 0.0433. The van der Waals surface area contributed by atoms with E-state index in [0.717, 1.165) is 31.6 Å². The Morgan fingerprint density at radius 2 is 1.93 bits per heavy atom. The number of unbranched alkanes of at least 4 members (excludes halogenated alkanes) is 1. The van der Waals surface area contributed by atoms with E-state index in [4.69, 9.17) is 9.47 Å². The molecule has 0 bridgehead atoms. The summed E-state index contributed by atoms with van der Waals surface area (Å²) in [6, 6.07) is 0.463. The van der Waals surface area contributed by atoms with Crippen LogP contribution in [0.5, 0.6) is 0 Å². The van der Waals surface area contributed by atoms with Crippen LogP contribution in [0.3, 0.4) is 0 Å². The third kappa shape index (κ3) is 8.81. The number of thioether (sulfide) groups is 1. The van der Waals surface area contributed by atoms with Gasteiger partial charge in [-0.05, 0) is 33.6 Å². The van der Waals surface area contributed by atoms with Gasteiger partial charge in [0.15, 0.2) is 12.1 Å². The van der Waals surface area contributed by atoms with Crippen molar-refractivity contribution in [1.29, 1.82) is 0 Å². The Kier molecular flexibility index (Phi) is 10.4. The van der Waals surface area contributed by atoms with Gasteiger partial charge in [-0.1, -0.05) is 6.42 Å². The molecule has 3 unspecified atom stereocenters. The first kappa shape index (κ1) is 24.9. The smallest absolute Gasteiger partial charge is 0.315 e. The average Bonchev–Trinajstić information content (AvgIpc) is 3.22. The van der Waals surface area contributed by atoms with Crippen molar-refractivity contribution < 1.29 is 23.6 Å². The van der Waals surface area contributed by atoms with Gasteiger partial charge >= 0.3 is 6.03 Å². The van der Waals surface area contributed by atoms with Crippen molar-refractivity contribution in [3.8, 4) is 0 Å². The van der Waals surface area contributed by atoms with Crippen LogP contribution in [0, 0.1) is 0 Å². The number of rotatable bonds is 14. The molecule has 3 atom stereocenters. The van der Waals surface area contributed by atoms with Crippen LogP contribution in [0.25, 0.3) is 0 Å². The quantitative estimate of drug-likeness (QED) is 0.163. The normalized spacial score (nSPS) is 23.0. The highest BCUT2D eigenvalue weighted by molar-refractivity contribution is 8.00. The Morgan fingerprint density at radius 3 is 2.67 bits per heavy atom. The molecule has 172 valence electrons. The molecule has 2 rings (SSSR count). The van der Waals surface area contributed by atoms with E-state index in [-0.39, 0.29) is 29.6 Å². The number of hydrogen-bond acceptors (Lipinski definition) is 5. The summed E-state index contributed by atoms with van der Waals surface area (Å²) in [5.74, 6) is 1.05. The molecule has 8 nitrogen and oxygen atoms in total. The third-order valence-electron chi connectivity index (χ3n) is 5.48. The van der Waals surface area contributed by atoms with Gasteiger partial charge in [0.05, 0.1) is 31.9 Å². The van der Waals surface area contributed by atoms with Crippen LogP contribution in [-0.2, 0) is 14.3 Å². The van der Waals surface area contributed by atoms with Gasteiger partial charge in [-0.15, -0.1) is 0 Å². The van der Waals surface area contributed by atoms with Crippen molar-refractivity contribution in [2.75, 3.05) is 45.3 Å². The van der Waals surface area contributed by atoms with E-state index in [1.807, 2.05) is 16.3 Å². The molecule has 0 aromatic rings. The lowest BCUT2D eigenvalue weighted by molar-refractivity contribution is -0.591. The molecule has 30 heavy (non-hydrogen) atoms. The van der Waals surface area contributed by atoms with E-state index in [0.29, 0.717) is 44.6 Å². The van der Waals surface area contributed by atoms with Crippen LogP contribution >= 0.6 is 11.8 Å². The van der Waals surface area contributed by atoms with Crippen LogP contribution in [0.4, 0.5) is 4.79 Å². The summed E-state index contributed by atoms with van der Waals surface area (Å²) in [5, 5.41) is 9.31. The lowest BCUT2D eigenvalue weighted by atomic mass is 10.0. The molecular formula is C21H39N4O4S+. The average molecular weight is 444 g/mol. The number of carbonyl (C=O) groups excluding carboxylic acids is 2. The Labute approximate surface area is 184 Å². The summed E-state index contributed by atoms with van der Waals surface area (Å²) in [4.78, 5) is 23.3. The van der Waals surface area contributed by atoms with Gasteiger partial charge < -0.3 is 25.4 Å². The summed E-state index contributed by atoms with van der Waals surface area (Å²) < 4.78 is 13.0. The highest BCUT2D eigenvalue weighted by Crippen LogP contribution is 2.33. The van der Waals surface area contributed by atoms with Crippen molar-refractivity contribution in [3.63, 3.8) is 0 Å². The van der Waals surface area contributed by atoms with Crippen LogP contribution in [0.1, 0.15) is 46.5 Å². The summed E-state index contributed by atoms with van der Waals surface area (Å²) in [6.45, 7) is 13.9. The Balaban J connectivity index is 1.37. The number of urea groups is 1. The first-order valence-electron chi connectivity index (χ1n) is 11.0. The first-order valence-corrected chi connectivity index (χ1v) is 12.0. The highest BCUT2D eigenvalue weighted by Gasteiger charge is 2.42. The summed E-state index contributed by atoms with van der Waals surface area (Å²) in [5.41, 5.74) is 0.0433. The molecule has 2 aliphatic rings. The van der Waals surface area contributed by atoms with Crippen LogP contribution in [0.2, 0.25) is 0 Å². The molecule has 0 aromatic carbocycles. The molecule has 2 saturated heterocycles. The molecule has 0 aliphatic carbocycles. The second kappa shape index (κ2) is 12.5. The lowest BCUT2D eigenvalue weighted by Crippen LogP contribution is -2.36. The molecule has 0 radical (unpaired) electrons. The van der Waals surface area contributed by atoms with Crippen LogP contribution in [-0.4, -0.2) is 91.4 Å². The SMILES string of the molecule is C=[N+](CCOCCOCCNC(=O)CCCCC1SCC2NC(=O)NC21)C(C)(C)C. The van der Waals surface area contributed by atoms with Crippen molar-refractivity contribution in [2.24, 2.45) is 0 Å².